The molecular formula is C28H29ClN2O7. The Hall–Kier alpha value is -3.53. The maximum atomic E-state index is 10.7. The Balaban J connectivity index is 1.32. The number of carbonyl (C=O) groups is 1. The smallest absolute Gasteiger partial charge is 0.306 e. The molecule has 3 aromatic rings. The standard InChI is InChI=1S/C28H29ClN2O7/c1-35-27-17(14-30-15-18(32)13-26(33)34)11-22(29)28(31-27)38-23-8-6-20-19(3-2-4-21(20)23)16-5-7-24-25(12-16)37-10-9-36-24/h2-5,7,11-12,18,23,30,32H,6,8-10,13-15H2,1H3,(H,33,34)/t18-,23-/m0/s1. The zero-order valence-electron chi connectivity index (χ0n) is 20.9. The summed E-state index contributed by atoms with van der Waals surface area (Å²) in [5.74, 6) is 1.08. The Kier molecular flexibility index (Phi) is 7.87. The van der Waals surface area contributed by atoms with Crippen molar-refractivity contribution in [2.75, 3.05) is 26.9 Å². The number of hydrogen-bond acceptors (Lipinski definition) is 8. The largest absolute Gasteiger partial charge is 0.486 e. The molecule has 3 N–H and O–H groups in total. The molecule has 2 heterocycles. The van der Waals surface area contributed by atoms with Crippen molar-refractivity contribution in [3.05, 3.63) is 64.2 Å². The number of aliphatic hydroxyl groups is 1. The van der Waals surface area contributed by atoms with Crippen molar-refractivity contribution in [2.45, 2.75) is 38.0 Å². The van der Waals surface area contributed by atoms with E-state index >= 15 is 0 Å². The van der Waals surface area contributed by atoms with E-state index in [2.05, 4.69) is 22.4 Å². The number of aliphatic carboxylic acids is 1. The van der Waals surface area contributed by atoms with Crippen molar-refractivity contribution >= 4 is 17.6 Å². The number of pyridine rings is 1. The molecule has 0 fully saturated rings. The third-order valence-corrected chi connectivity index (χ3v) is 6.88. The number of rotatable bonds is 10. The topological polar surface area (TPSA) is 119 Å². The van der Waals surface area contributed by atoms with Gasteiger partial charge < -0.3 is 34.5 Å². The van der Waals surface area contributed by atoms with Crippen LogP contribution in [0.25, 0.3) is 11.1 Å². The molecule has 2 atom stereocenters. The summed E-state index contributed by atoms with van der Waals surface area (Å²) in [6, 6.07) is 13.9. The molecule has 38 heavy (non-hydrogen) atoms. The first-order valence-corrected chi connectivity index (χ1v) is 12.8. The number of fused-ring (bicyclic) bond motifs is 2. The first-order chi connectivity index (χ1) is 18.4. The normalized spacial score (nSPS) is 16.6. The van der Waals surface area contributed by atoms with Crippen molar-refractivity contribution in [3.63, 3.8) is 0 Å². The van der Waals surface area contributed by atoms with Crippen LogP contribution in [0.5, 0.6) is 23.3 Å². The number of benzene rings is 2. The number of halogens is 1. The minimum absolute atomic E-state index is 0.107. The van der Waals surface area contributed by atoms with E-state index in [1.807, 2.05) is 24.3 Å². The van der Waals surface area contributed by atoms with Gasteiger partial charge in [-0.3, -0.25) is 4.79 Å². The fraction of sp³-hybridized carbons (Fsp3) is 0.357. The number of methoxy groups -OCH3 is 1. The summed E-state index contributed by atoms with van der Waals surface area (Å²) >= 11 is 6.55. The maximum Gasteiger partial charge on any atom is 0.306 e. The number of aliphatic hydroxyl groups excluding tert-OH is 1. The van der Waals surface area contributed by atoms with Gasteiger partial charge in [0.15, 0.2) is 11.5 Å². The summed E-state index contributed by atoms with van der Waals surface area (Å²) in [5.41, 5.74) is 5.18. The fourth-order valence-electron chi connectivity index (χ4n) is 4.88. The number of nitrogens with zero attached hydrogens (tertiary/aromatic N) is 1. The van der Waals surface area contributed by atoms with Gasteiger partial charge in [0.1, 0.15) is 24.3 Å². The van der Waals surface area contributed by atoms with Crippen molar-refractivity contribution in [1.29, 1.82) is 0 Å². The zero-order chi connectivity index (χ0) is 26.6. The highest BCUT2D eigenvalue weighted by Crippen LogP contribution is 2.43. The lowest BCUT2D eigenvalue weighted by Crippen LogP contribution is -2.28. The second-order valence-corrected chi connectivity index (χ2v) is 9.61. The number of ether oxygens (including phenoxy) is 4. The molecule has 1 aliphatic carbocycles. The van der Waals surface area contributed by atoms with Crippen LogP contribution in [0.1, 0.15) is 35.6 Å². The van der Waals surface area contributed by atoms with Gasteiger partial charge in [0.25, 0.3) is 0 Å². The van der Waals surface area contributed by atoms with E-state index in [1.54, 1.807) is 6.07 Å². The SMILES string of the molecule is COc1nc(O[C@H]2CCc3c(-c4ccc5c(c4)OCCO5)cccc32)c(Cl)cc1CNC[C@@H](O)CC(=O)O. The highest BCUT2D eigenvalue weighted by atomic mass is 35.5. The summed E-state index contributed by atoms with van der Waals surface area (Å²) in [6.45, 7) is 1.49. The predicted octanol–water partition coefficient (Wildman–Crippen LogP) is 4.17. The van der Waals surface area contributed by atoms with Crippen LogP contribution >= 0.6 is 11.6 Å². The van der Waals surface area contributed by atoms with Crippen LogP contribution in [0.15, 0.2) is 42.5 Å². The van der Waals surface area contributed by atoms with Crippen LogP contribution in [0.3, 0.4) is 0 Å². The summed E-state index contributed by atoms with van der Waals surface area (Å²) < 4.78 is 23.2. The number of carboxylic acids is 1. The molecule has 9 nitrogen and oxygen atoms in total. The van der Waals surface area contributed by atoms with Crippen molar-refractivity contribution in [2.24, 2.45) is 0 Å². The van der Waals surface area contributed by atoms with Gasteiger partial charge in [-0.25, -0.2) is 0 Å². The molecule has 0 saturated carbocycles. The molecule has 5 rings (SSSR count). The molecule has 0 radical (unpaired) electrons. The lowest BCUT2D eigenvalue weighted by molar-refractivity contribution is -0.139. The Labute approximate surface area is 225 Å². The first-order valence-electron chi connectivity index (χ1n) is 12.5. The summed E-state index contributed by atoms with van der Waals surface area (Å²) in [7, 11) is 1.51. The first kappa shape index (κ1) is 26.1. The van der Waals surface area contributed by atoms with Gasteiger partial charge in [-0.15, -0.1) is 0 Å². The van der Waals surface area contributed by atoms with E-state index in [4.69, 9.17) is 35.7 Å². The van der Waals surface area contributed by atoms with Gasteiger partial charge in [0.2, 0.25) is 11.8 Å². The zero-order valence-corrected chi connectivity index (χ0v) is 21.7. The molecule has 10 heteroatoms. The molecule has 2 aromatic carbocycles. The van der Waals surface area contributed by atoms with E-state index < -0.39 is 12.1 Å². The van der Waals surface area contributed by atoms with Crippen molar-refractivity contribution in [1.82, 2.24) is 10.3 Å². The van der Waals surface area contributed by atoms with Gasteiger partial charge in [-0.05, 0) is 53.3 Å². The van der Waals surface area contributed by atoms with Crippen LogP contribution in [0, 0.1) is 0 Å². The maximum absolute atomic E-state index is 10.7. The molecule has 1 aliphatic heterocycles. The Morgan fingerprint density at radius 3 is 2.79 bits per heavy atom. The van der Waals surface area contributed by atoms with Crippen molar-refractivity contribution < 1.29 is 34.0 Å². The Bertz CT molecular complexity index is 1330. The number of carboxylic acid groups (broad SMARTS) is 1. The van der Waals surface area contributed by atoms with Crippen LogP contribution in [-0.4, -0.2) is 54.1 Å². The quantitative estimate of drug-likeness (QED) is 0.348. The molecule has 0 amide bonds. The molecular weight excluding hydrogens is 512 g/mol. The van der Waals surface area contributed by atoms with E-state index in [1.165, 1.54) is 12.7 Å². The van der Waals surface area contributed by atoms with E-state index in [0.717, 1.165) is 41.0 Å². The number of nitrogens with one attached hydrogen (secondary N) is 1. The molecule has 1 aromatic heterocycles. The molecule has 0 saturated heterocycles. The Morgan fingerprint density at radius 1 is 1.18 bits per heavy atom. The minimum Gasteiger partial charge on any atom is -0.486 e. The lowest BCUT2D eigenvalue weighted by Gasteiger charge is -2.20. The van der Waals surface area contributed by atoms with Gasteiger partial charge in [-0.1, -0.05) is 35.9 Å². The van der Waals surface area contributed by atoms with E-state index in [0.29, 0.717) is 29.7 Å². The molecule has 0 unspecified atom stereocenters. The van der Waals surface area contributed by atoms with Crippen LogP contribution < -0.4 is 24.3 Å². The fourth-order valence-corrected chi connectivity index (χ4v) is 5.10. The third-order valence-electron chi connectivity index (χ3n) is 6.60. The molecule has 0 bridgehead atoms. The van der Waals surface area contributed by atoms with Crippen LogP contribution in [-0.2, 0) is 17.8 Å². The van der Waals surface area contributed by atoms with Gasteiger partial charge in [0, 0.05) is 18.7 Å². The monoisotopic (exact) mass is 540 g/mol. The van der Waals surface area contributed by atoms with E-state index in [-0.39, 0.29) is 31.5 Å². The van der Waals surface area contributed by atoms with Gasteiger partial charge in [-0.2, -0.15) is 4.98 Å². The second-order valence-electron chi connectivity index (χ2n) is 9.20. The predicted molar refractivity (Wildman–Crippen MR) is 140 cm³/mol. The average molecular weight is 541 g/mol. The molecule has 0 spiro atoms. The highest BCUT2D eigenvalue weighted by Gasteiger charge is 2.28. The summed E-state index contributed by atoms with van der Waals surface area (Å²) in [6.07, 6.45) is 0.0722. The van der Waals surface area contributed by atoms with Gasteiger partial charge >= 0.3 is 5.97 Å². The molecule has 2 aliphatic rings. The lowest BCUT2D eigenvalue weighted by atomic mass is 9.96. The summed E-state index contributed by atoms with van der Waals surface area (Å²) in [5, 5.41) is 21.9. The van der Waals surface area contributed by atoms with Gasteiger partial charge in [0.05, 0.1) is 19.6 Å². The van der Waals surface area contributed by atoms with Crippen LogP contribution in [0.4, 0.5) is 0 Å². The second kappa shape index (κ2) is 11.5. The minimum atomic E-state index is -1.06. The van der Waals surface area contributed by atoms with E-state index in [9.17, 15) is 9.90 Å². The average Bonchev–Trinajstić information content (AvgIpc) is 3.32. The number of hydrogen-bond donors (Lipinski definition) is 3. The number of aromatic nitrogens is 1. The molecule has 200 valence electrons. The summed E-state index contributed by atoms with van der Waals surface area (Å²) in [4.78, 5) is 15.2. The third kappa shape index (κ3) is 5.65. The highest BCUT2D eigenvalue weighted by molar-refractivity contribution is 6.31. The Morgan fingerprint density at radius 2 is 2.00 bits per heavy atom. The van der Waals surface area contributed by atoms with Crippen LogP contribution in [0.2, 0.25) is 5.02 Å². The van der Waals surface area contributed by atoms with Crippen molar-refractivity contribution in [3.8, 4) is 34.4 Å².